The first-order valence-corrected chi connectivity index (χ1v) is 8.76. The average Bonchev–Trinajstić information content (AvgIpc) is 2.47. The molecule has 2 aliphatic heterocycles. The summed E-state index contributed by atoms with van der Waals surface area (Å²) >= 11 is 3.47. The zero-order chi connectivity index (χ0) is 17.5. The summed E-state index contributed by atoms with van der Waals surface area (Å²) in [5, 5.41) is 2.74. The SMILES string of the molecule is CC(C)(C)OC(=O)N1CCC2(CC1)OC(=O)Nc1ccc(Br)cc12. The highest BCUT2D eigenvalue weighted by atomic mass is 79.9. The van der Waals surface area contributed by atoms with Gasteiger partial charge in [-0.05, 0) is 39.0 Å². The molecule has 1 aromatic carbocycles. The number of anilines is 1. The second-order valence-electron chi connectivity index (χ2n) is 7.17. The van der Waals surface area contributed by atoms with E-state index in [-0.39, 0.29) is 6.09 Å². The summed E-state index contributed by atoms with van der Waals surface area (Å²) in [5.41, 5.74) is 0.491. The maximum atomic E-state index is 12.2. The Bertz CT molecular complexity index is 676. The molecule has 1 aromatic rings. The zero-order valence-corrected chi connectivity index (χ0v) is 15.6. The Morgan fingerprint density at radius 1 is 1.33 bits per heavy atom. The molecule has 2 aliphatic rings. The normalized spacial score (nSPS) is 19.3. The number of rotatable bonds is 0. The molecule has 0 bridgehead atoms. The van der Waals surface area contributed by atoms with Crippen molar-refractivity contribution in [3.63, 3.8) is 0 Å². The number of carbonyl (C=O) groups excluding carboxylic acids is 2. The van der Waals surface area contributed by atoms with Crippen LogP contribution in [0.5, 0.6) is 0 Å². The number of benzene rings is 1. The van der Waals surface area contributed by atoms with Gasteiger partial charge in [-0.1, -0.05) is 15.9 Å². The predicted molar refractivity (Wildman–Crippen MR) is 93.0 cm³/mol. The van der Waals surface area contributed by atoms with Crippen LogP contribution < -0.4 is 5.32 Å². The van der Waals surface area contributed by atoms with E-state index in [2.05, 4.69) is 21.2 Å². The summed E-state index contributed by atoms with van der Waals surface area (Å²) in [6.45, 7) is 6.50. The summed E-state index contributed by atoms with van der Waals surface area (Å²) in [6, 6.07) is 5.72. The molecule has 7 heteroatoms. The van der Waals surface area contributed by atoms with Crippen LogP contribution in [-0.4, -0.2) is 35.8 Å². The fourth-order valence-electron chi connectivity index (χ4n) is 3.12. The molecule has 2 heterocycles. The van der Waals surface area contributed by atoms with Crippen molar-refractivity contribution < 1.29 is 19.1 Å². The van der Waals surface area contributed by atoms with E-state index >= 15 is 0 Å². The molecular formula is C17H21BrN2O4. The van der Waals surface area contributed by atoms with Crippen molar-refractivity contribution in [2.45, 2.75) is 44.8 Å². The van der Waals surface area contributed by atoms with Gasteiger partial charge in [-0.25, -0.2) is 9.59 Å². The molecule has 0 radical (unpaired) electrons. The molecule has 24 heavy (non-hydrogen) atoms. The van der Waals surface area contributed by atoms with Crippen molar-refractivity contribution in [2.75, 3.05) is 18.4 Å². The predicted octanol–water partition coefficient (Wildman–Crippen LogP) is 4.24. The van der Waals surface area contributed by atoms with Crippen molar-refractivity contribution in [3.05, 3.63) is 28.2 Å². The zero-order valence-electron chi connectivity index (χ0n) is 14.0. The first-order valence-electron chi connectivity index (χ1n) is 7.96. The van der Waals surface area contributed by atoms with E-state index in [0.717, 1.165) is 15.7 Å². The minimum atomic E-state index is -0.694. The number of carbonyl (C=O) groups is 2. The van der Waals surface area contributed by atoms with Crippen LogP contribution >= 0.6 is 15.9 Å². The Labute approximate surface area is 149 Å². The molecule has 1 spiro atoms. The number of ether oxygens (including phenoxy) is 2. The van der Waals surface area contributed by atoms with Crippen LogP contribution in [0.15, 0.2) is 22.7 Å². The topological polar surface area (TPSA) is 67.9 Å². The Balaban J connectivity index is 1.79. The smallest absolute Gasteiger partial charge is 0.412 e. The monoisotopic (exact) mass is 396 g/mol. The van der Waals surface area contributed by atoms with Gasteiger partial charge in [0.15, 0.2) is 0 Å². The lowest BCUT2D eigenvalue weighted by atomic mass is 9.82. The van der Waals surface area contributed by atoms with Gasteiger partial charge in [-0.3, -0.25) is 5.32 Å². The highest BCUT2D eigenvalue weighted by Gasteiger charge is 2.45. The first kappa shape index (κ1) is 17.1. The highest BCUT2D eigenvalue weighted by Crippen LogP contribution is 2.44. The van der Waals surface area contributed by atoms with E-state index in [0.29, 0.717) is 25.9 Å². The largest absolute Gasteiger partial charge is 0.444 e. The summed E-state index contributed by atoms with van der Waals surface area (Å²) in [4.78, 5) is 25.8. The Morgan fingerprint density at radius 2 is 2.00 bits per heavy atom. The van der Waals surface area contributed by atoms with Gasteiger partial charge in [0, 0.05) is 36.0 Å². The van der Waals surface area contributed by atoms with E-state index in [1.54, 1.807) is 4.90 Å². The quantitative estimate of drug-likeness (QED) is 0.711. The molecule has 0 unspecified atom stereocenters. The highest BCUT2D eigenvalue weighted by molar-refractivity contribution is 9.10. The van der Waals surface area contributed by atoms with Crippen molar-refractivity contribution in [1.82, 2.24) is 4.90 Å². The Morgan fingerprint density at radius 3 is 2.62 bits per heavy atom. The first-order chi connectivity index (χ1) is 11.2. The standard InChI is InChI=1S/C17H21BrN2O4/c1-16(2,3)24-15(22)20-8-6-17(7-9-20)12-10-11(18)4-5-13(12)19-14(21)23-17/h4-5,10H,6-9H2,1-3H3,(H,19,21). The van der Waals surface area contributed by atoms with Gasteiger partial charge in [0.25, 0.3) is 0 Å². The van der Waals surface area contributed by atoms with Crippen LogP contribution in [-0.2, 0) is 15.1 Å². The number of piperidine rings is 1. The molecule has 0 atom stereocenters. The van der Waals surface area contributed by atoms with Crippen LogP contribution in [0.3, 0.4) is 0 Å². The lowest BCUT2D eigenvalue weighted by Gasteiger charge is -2.44. The molecule has 0 saturated carbocycles. The van der Waals surface area contributed by atoms with E-state index in [1.807, 2.05) is 39.0 Å². The molecule has 1 saturated heterocycles. The Hall–Kier alpha value is -1.76. The molecule has 0 aromatic heterocycles. The van der Waals surface area contributed by atoms with Crippen LogP contribution in [0.2, 0.25) is 0 Å². The maximum absolute atomic E-state index is 12.2. The minimum absolute atomic E-state index is 0.327. The second-order valence-corrected chi connectivity index (χ2v) is 8.08. The second kappa shape index (κ2) is 5.95. The van der Waals surface area contributed by atoms with Crippen molar-refractivity contribution in [3.8, 4) is 0 Å². The van der Waals surface area contributed by atoms with Crippen LogP contribution in [0.25, 0.3) is 0 Å². The Kier molecular flexibility index (Phi) is 4.23. The van der Waals surface area contributed by atoms with Gasteiger partial charge in [0.1, 0.15) is 11.2 Å². The fraction of sp³-hybridized carbons (Fsp3) is 0.529. The van der Waals surface area contributed by atoms with Gasteiger partial charge in [-0.2, -0.15) is 0 Å². The average molecular weight is 397 g/mol. The number of likely N-dealkylation sites (tertiary alicyclic amines) is 1. The van der Waals surface area contributed by atoms with Gasteiger partial charge in [-0.15, -0.1) is 0 Å². The molecule has 3 rings (SSSR count). The number of halogens is 1. The van der Waals surface area contributed by atoms with Crippen LogP contribution in [0, 0.1) is 0 Å². The molecule has 6 nitrogen and oxygen atoms in total. The number of nitrogens with zero attached hydrogens (tertiary/aromatic N) is 1. The third-order valence-corrected chi connectivity index (χ3v) is 4.71. The summed E-state index contributed by atoms with van der Waals surface area (Å²) in [5.74, 6) is 0. The number of amides is 2. The van der Waals surface area contributed by atoms with E-state index in [4.69, 9.17) is 9.47 Å². The lowest BCUT2D eigenvalue weighted by Crippen LogP contribution is -2.50. The summed E-state index contributed by atoms with van der Waals surface area (Å²) in [7, 11) is 0. The third kappa shape index (κ3) is 3.36. The van der Waals surface area contributed by atoms with Gasteiger partial charge in [0.05, 0.1) is 5.69 Å². The maximum Gasteiger partial charge on any atom is 0.412 e. The molecule has 0 aliphatic carbocycles. The van der Waals surface area contributed by atoms with E-state index in [9.17, 15) is 9.59 Å². The van der Waals surface area contributed by atoms with Crippen LogP contribution in [0.1, 0.15) is 39.2 Å². The fourth-order valence-corrected chi connectivity index (χ4v) is 3.48. The van der Waals surface area contributed by atoms with Crippen LogP contribution in [0.4, 0.5) is 15.3 Å². The number of nitrogens with one attached hydrogen (secondary N) is 1. The van der Waals surface area contributed by atoms with Gasteiger partial charge < -0.3 is 14.4 Å². The molecule has 1 N–H and O–H groups in total. The molecule has 130 valence electrons. The van der Waals surface area contributed by atoms with Gasteiger partial charge >= 0.3 is 12.2 Å². The van der Waals surface area contributed by atoms with Crippen molar-refractivity contribution >= 4 is 33.8 Å². The lowest BCUT2D eigenvalue weighted by molar-refractivity contribution is -0.0439. The number of hydrogen-bond acceptors (Lipinski definition) is 4. The number of fused-ring (bicyclic) bond motifs is 2. The van der Waals surface area contributed by atoms with E-state index in [1.165, 1.54) is 0 Å². The summed E-state index contributed by atoms with van der Waals surface area (Å²) < 4.78 is 12.0. The van der Waals surface area contributed by atoms with Crippen molar-refractivity contribution in [2.24, 2.45) is 0 Å². The number of hydrogen-bond donors (Lipinski definition) is 1. The third-order valence-electron chi connectivity index (χ3n) is 4.22. The molecule has 2 amide bonds. The minimum Gasteiger partial charge on any atom is -0.444 e. The van der Waals surface area contributed by atoms with Gasteiger partial charge in [0.2, 0.25) is 0 Å². The van der Waals surface area contributed by atoms with Crippen molar-refractivity contribution in [1.29, 1.82) is 0 Å². The summed E-state index contributed by atoms with van der Waals surface area (Å²) in [6.07, 6.45) is 0.314. The molecular weight excluding hydrogens is 376 g/mol. The van der Waals surface area contributed by atoms with E-state index < -0.39 is 17.3 Å². The molecule has 1 fully saturated rings.